The number of halogens is 1. The summed E-state index contributed by atoms with van der Waals surface area (Å²) in [6.45, 7) is 1.86. The summed E-state index contributed by atoms with van der Waals surface area (Å²) in [6, 6.07) is 14.3. The van der Waals surface area contributed by atoms with Gasteiger partial charge in [-0.2, -0.15) is 0 Å². The van der Waals surface area contributed by atoms with E-state index in [-0.39, 0.29) is 36.8 Å². The first kappa shape index (κ1) is 22.1. The largest absolute Gasteiger partial charge is 0.467 e. The highest BCUT2D eigenvalue weighted by Crippen LogP contribution is 2.12. The molecule has 2 aromatic carbocycles. The van der Waals surface area contributed by atoms with E-state index in [1.807, 2.05) is 37.3 Å². The second kappa shape index (κ2) is 10.9. The quantitative estimate of drug-likeness (QED) is 0.634. The zero-order valence-electron chi connectivity index (χ0n) is 16.5. The number of benzene rings is 2. The van der Waals surface area contributed by atoms with Crippen molar-refractivity contribution in [2.45, 2.75) is 38.3 Å². The fourth-order valence-electron chi connectivity index (χ4n) is 2.85. The van der Waals surface area contributed by atoms with Gasteiger partial charge in [-0.3, -0.25) is 9.59 Å². The van der Waals surface area contributed by atoms with Crippen molar-refractivity contribution in [3.8, 4) is 0 Å². The van der Waals surface area contributed by atoms with Crippen molar-refractivity contribution in [1.29, 1.82) is 0 Å². The SMILES string of the molecule is COC(=O)[C@@H](Cc1ccccc1F)NC(=O)CCC(=O)N[C@H](C)c1ccccc1. The average Bonchev–Trinajstić information content (AvgIpc) is 2.73. The molecule has 0 aliphatic rings. The molecule has 0 saturated carbocycles. The highest BCUT2D eigenvalue weighted by Gasteiger charge is 2.23. The Kier molecular flexibility index (Phi) is 8.33. The van der Waals surface area contributed by atoms with Gasteiger partial charge in [0.25, 0.3) is 0 Å². The van der Waals surface area contributed by atoms with Gasteiger partial charge in [-0.1, -0.05) is 48.5 Å². The Balaban J connectivity index is 1.87. The van der Waals surface area contributed by atoms with E-state index in [2.05, 4.69) is 10.6 Å². The standard InChI is InChI=1S/C22H25FN2O4/c1-15(16-8-4-3-5-9-16)24-20(26)12-13-21(27)25-19(22(28)29-2)14-17-10-6-7-11-18(17)23/h3-11,15,19H,12-14H2,1-2H3,(H,24,26)(H,25,27)/t15-,19-/m1/s1. The first-order valence-corrected chi connectivity index (χ1v) is 9.35. The van der Waals surface area contributed by atoms with Crippen molar-refractivity contribution in [3.63, 3.8) is 0 Å². The van der Waals surface area contributed by atoms with Gasteiger partial charge in [0.2, 0.25) is 11.8 Å². The van der Waals surface area contributed by atoms with E-state index in [0.29, 0.717) is 0 Å². The van der Waals surface area contributed by atoms with Crippen LogP contribution < -0.4 is 10.6 Å². The number of rotatable bonds is 9. The Bertz CT molecular complexity index is 842. The fourth-order valence-corrected chi connectivity index (χ4v) is 2.85. The van der Waals surface area contributed by atoms with Crippen LogP contribution in [0.2, 0.25) is 0 Å². The minimum Gasteiger partial charge on any atom is -0.467 e. The van der Waals surface area contributed by atoms with Crippen LogP contribution in [0.5, 0.6) is 0 Å². The minimum atomic E-state index is -1.03. The van der Waals surface area contributed by atoms with E-state index < -0.39 is 23.7 Å². The van der Waals surface area contributed by atoms with Gasteiger partial charge in [0.15, 0.2) is 0 Å². The van der Waals surface area contributed by atoms with Crippen LogP contribution in [-0.2, 0) is 25.5 Å². The number of carbonyl (C=O) groups is 3. The molecule has 2 aromatic rings. The molecular weight excluding hydrogens is 375 g/mol. The average molecular weight is 400 g/mol. The Morgan fingerprint density at radius 3 is 2.14 bits per heavy atom. The van der Waals surface area contributed by atoms with Crippen LogP contribution in [0.3, 0.4) is 0 Å². The van der Waals surface area contributed by atoms with Crippen LogP contribution in [0.1, 0.15) is 36.9 Å². The molecule has 0 heterocycles. The summed E-state index contributed by atoms with van der Waals surface area (Å²) in [7, 11) is 1.20. The maximum Gasteiger partial charge on any atom is 0.328 e. The van der Waals surface area contributed by atoms with Crippen LogP contribution in [0.15, 0.2) is 54.6 Å². The van der Waals surface area contributed by atoms with Crippen molar-refractivity contribution >= 4 is 17.8 Å². The van der Waals surface area contributed by atoms with Gasteiger partial charge in [-0.05, 0) is 24.1 Å². The van der Waals surface area contributed by atoms with Crippen molar-refractivity contribution in [2.24, 2.45) is 0 Å². The second-order valence-electron chi connectivity index (χ2n) is 6.64. The Hall–Kier alpha value is -3.22. The van der Waals surface area contributed by atoms with Crippen LogP contribution in [0, 0.1) is 5.82 Å². The van der Waals surface area contributed by atoms with E-state index in [0.717, 1.165) is 5.56 Å². The topological polar surface area (TPSA) is 84.5 Å². The normalized spacial score (nSPS) is 12.5. The fraction of sp³-hybridized carbons (Fsp3) is 0.318. The zero-order valence-corrected chi connectivity index (χ0v) is 16.5. The van der Waals surface area contributed by atoms with Gasteiger partial charge >= 0.3 is 5.97 Å². The number of ether oxygens (including phenoxy) is 1. The molecule has 2 rings (SSSR count). The summed E-state index contributed by atoms with van der Waals surface area (Å²) in [5.74, 6) is -1.91. The third-order valence-electron chi connectivity index (χ3n) is 4.46. The van der Waals surface area contributed by atoms with Crippen molar-refractivity contribution in [2.75, 3.05) is 7.11 Å². The lowest BCUT2D eigenvalue weighted by atomic mass is 10.0. The van der Waals surface area contributed by atoms with Gasteiger partial charge in [-0.15, -0.1) is 0 Å². The van der Waals surface area contributed by atoms with Crippen LogP contribution in [-0.4, -0.2) is 30.9 Å². The number of nitrogens with one attached hydrogen (secondary N) is 2. The van der Waals surface area contributed by atoms with Gasteiger partial charge in [0.05, 0.1) is 13.2 Å². The van der Waals surface area contributed by atoms with Crippen molar-refractivity contribution in [1.82, 2.24) is 10.6 Å². The molecule has 29 heavy (non-hydrogen) atoms. The van der Waals surface area contributed by atoms with Crippen LogP contribution in [0.4, 0.5) is 4.39 Å². The molecule has 0 unspecified atom stereocenters. The van der Waals surface area contributed by atoms with Gasteiger partial charge < -0.3 is 15.4 Å². The summed E-state index contributed by atoms with van der Waals surface area (Å²) in [6.07, 6.45) is -0.170. The highest BCUT2D eigenvalue weighted by molar-refractivity contribution is 5.87. The summed E-state index contributed by atoms with van der Waals surface area (Å²) in [4.78, 5) is 36.3. The van der Waals surface area contributed by atoms with Gasteiger partial charge in [-0.25, -0.2) is 9.18 Å². The molecule has 0 saturated heterocycles. The Labute approximate surface area is 169 Å². The summed E-state index contributed by atoms with van der Waals surface area (Å²) >= 11 is 0. The van der Waals surface area contributed by atoms with E-state index in [1.165, 1.54) is 19.2 Å². The molecule has 154 valence electrons. The van der Waals surface area contributed by atoms with Crippen LogP contribution in [0.25, 0.3) is 0 Å². The van der Waals surface area contributed by atoms with Crippen molar-refractivity contribution < 1.29 is 23.5 Å². The van der Waals surface area contributed by atoms with E-state index in [9.17, 15) is 18.8 Å². The molecule has 0 aliphatic carbocycles. The maximum atomic E-state index is 13.9. The number of carbonyl (C=O) groups excluding carboxylic acids is 3. The number of hydrogen-bond donors (Lipinski definition) is 2. The first-order chi connectivity index (χ1) is 13.9. The lowest BCUT2D eigenvalue weighted by Gasteiger charge is -2.17. The Morgan fingerprint density at radius 1 is 0.931 bits per heavy atom. The third-order valence-corrected chi connectivity index (χ3v) is 4.46. The maximum absolute atomic E-state index is 13.9. The number of amides is 2. The summed E-state index contributed by atoms with van der Waals surface area (Å²) < 4.78 is 18.5. The molecule has 7 heteroatoms. The van der Waals surface area contributed by atoms with E-state index in [4.69, 9.17) is 4.74 Å². The summed E-state index contributed by atoms with van der Waals surface area (Å²) in [5, 5.41) is 5.35. The molecule has 0 bridgehead atoms. The molecule has 0 spiro atoms. The highest BCUT2D eigenvalue weighted by atomic mass is 19.1. The third kappa shape index (κ3) is 7.03. The molecule has 2 N–H and O–H groups in total. The molecule has 0 aromatic heterocycles. The number of methoxy groups -OCH3 is 1. The molecule has 2 atom stereocenters. The second-order valence-corrected chi connectivity index (χ2v) is 6.64. The minimum absolute atomic E-state index is 0.0312. The van der Waals surface area contributed by atoms with Crippen molar-refractivity contribution in [3.05, 3.63) is 71.5 Å². The first-order valence-electron chi connectivity index (χ1n) is 9.35. The number of esters is 1. The smallest absolute Gasteiger partial charge is 0.328 e. The molecule has 0 aliphatic heterocycles. The predicted molar refractivity (Wildman–Crippen MR) is 106 cm³/mol. The summed E-state index contributed by atoms with van der Waals surface area (Å²) in [5.41, 5.74) is 1.25. The lowest BCUT2D eigenvalue weighted by Crippen LogP contribution is -2.43. The molecular formula is C22H25FN2O4. The zero-order chi connectivity index (χ0) is 21.2. The van der Waals surface area contributed by atoms with Gasteiger partial charge in [0, 0.05) is 19.3 Å². The monoisotopic (exact) mass is 400 g/mol. The number of hydrogen-bond acceptors (Lipinski definition) is 4. The van der Waals surface area contributed by atoms with E-state index in [1.54, 1.807) is 12.1 Å². The molecule has 2 amide bonds. The Morgan fingerprint density at radius 2 is 1.52 bits per heavy atom. The molecule has 6 nitrogen and oxygen atoms in total. The molecule has 0 radical (unpaired) electrons. The van der Waals surface area contributed by atoms with Gasteiger partial charge in [0.1, 0.15) is 11.9 Å². The van der Waals surface area contributed by atoms with Crippen LogP contribution >= 0.6 is 0 Å². The lowest BCUT2D eigenvalue weighted by molar-refractivity contribution is -0.145. The predicted octanol–water partition coefficient (Wildman–Crippen LogP) is 2.68. The van der Waals surface area contributed by atoms with E-state index >= 15 is 0 Å². The molecule has 0 fully saturated rings.